The van der Waals surface area contributed by atoms with Gasteiger partial charge in [0.25, 0.3) is 0 Å². The number of hydrogen-bond donors (Lipinski definition) is 1. The van der Waals surface area contributed by atoms with Gasteiger partial charge in [-0.15, -0.1) is 0 Å². The van der Waals surface area contributed by atoms with Crippen molar-refractivity contribution < 1.29 is 14.3 Å². The molecule has 0 amide bonds. The molecular formula is C17H25NO3. The summed E-state index contributed by atoms with van der Waals surface area (Å²) >= 11 is 0. The SMILES string of the molecule is CNC(COCCC1CCC1)(C(=O)OC)c1ccccc1. The Bertz CT molecular complexity index is 445. The van der Waals surface area contributed by atoms with Gasteiger partial charge in [0, 0.05) is 6.61 Å². The molecule has 1 aromatic carbocycles. The van der Waals surface area contributed by atoms with Gasteiger partial charge in [-0.3, -0.25) is 5.32 Å². The van der Waals surface area contributed by atoms with E-state index in [1.165, 1.54) is 26.4 Å². The van der Waals surface area contributed by atoms with E-state index in [-0.39, 0.29) is 12.6 Å². The highest BCUT2D eigenvalue weighted by molar-refractivity contribution is 5.82. The fourth-order valence-electron chi connectivity index (χ4n) is 2.73. The first-order valence-electron chi connectivity index (χ1n) is 7.63. The largest absolute Gasteiger partial charge is 0.467 e. The predicted molar refractivity (Wildman–Crippen MR) is 82.0 cm³/mol. The van der Waals surface area contributed by atoms with Crippen LogP contribution in [0.2, 0.25) is 0 Å². The standard InChI is InChI=1S/C17H25NO3/c1-18-17(16(19)20-2,15-9-4-3-5-10-15)13-21-12-11-14-7-6-8-14/h3-5,9-10,14,18H,6-8,11-13H2,1-2H3. The Morgan fingerprint density at radius 2 is 2.05 bits per heavy atom. The lowest BCUT2D eigenvalue weighted by Crippen LogP contribution is -2.52. The molecule has 0 bridgehead atoms. The topological polar surface area (TPSA) is 47.6 Å². The second-order valence-electron chi connectivity index (χ2n) is 5.65. The van der Waals surface area contributed by atoms with Crippen molar-refractivity contribution in [3.63, 3.8) is 0 Å². The fourth-order valence-corrected chi connectivity index (χ4v) is 2.73. The van der Waals surface area contributed by atoms with Crippen molar-refractivity contribution in [3.8, 4) is 0 Å². The summed E-state index contributed by atoms with van der Waals surface area (Å²) in [5.41, 5.74) is -0.0710. The lowest BCUT2D eigenvalue weighted by atomic mass is 9.83. The number of carbonyl (C=O) groups is 1. The van der Waals surface area contributed by atoms with Crippen LogP contribution in [0.1, 0.15) is 31.2 Å². The van der Waals surface area contributed by atoms with Gasteiger partial charge in [-0.05, 0) is 24.9 Å². The van der Waals surface area contributed by atoms with Gasteiger partial charge in [-0.1, -0.05) is 49.6 Å². The molecule has 0 aliphatic heterocycles. The molecule has 1 aromatic rings. The Morgan fingerprint density at radius 3 is 2.57 bits per heavy atom. The van der Waals surface area contributed by atoms with Crippen LogP contribution < -0.4 is 5.32 Å². The van der Waals surface area contributed by atoms with E-state index in [2.05, 4.69) is 5.32 Å². The molecule has 4 heteroatoms. The molecule has 0 heterocycles. The second kappa shape index (κ2) is 7.57. The van der Waals surface area contributed by atoms with Gasteiger partial charge in [-0.2, -0.15) is 0 Å². The lowest BCUT2D eigenvalue weighted by Gasteiger charge is -2.31. The molecule has 21 heavy (non-hydrogen) atoms. The van der Waals surface area contributed by atoms with E-state index in [0.717, 1.165) is 17.9 Å². The molecule has 1 aliphatic carbocycles. The van der Waals surface area contributed by atoms with Gasteiger partial charge in [-0.25, -0.2) is 4.79 Å². The molecule has 0 radical (unpaired) electrons. The first kappa shape index (κ1) is 16.0. The summed E-state index contributed by atoms with van der Waals surface area (Å²) in [6.07, 6.45) is 5.06. The molecule has 1 unspecified atom stereocenters. The maximum atomic E-state index is 12.3. The zero-order valence-corrected chi connectivity index (χ0v) is 12.9. The minimum absolute atomic E-state index is 0.285. The Labute approximate surface area is 126 Å². The summed E-state index contributed by atoms with van der Waals surface area (Å²) < 4.78 is 10.8. The molecule has 0 spiro atoms. The van der Waals surface area contributed by atoms with Crippen molar-refractivity contribution in [3.05, 3.63) is 35.9 Å². The van der Waals surface area contributed by atoms with Gasteiger partial charge in [0.15, 0.2) is 5.54 Å². The number of ether oxygens (including phenoxy) is 2. The number of likely N-dealkylation sites (N-methyl/N-ethyl adjacent to an activating group) is 1. The average Bonchev–Trinajstić information content (AvgIpc) is 2.49. The Hall–Kier alpha value is -1.39. The van der Waals surface area contributed by atoms with Gasteiger partial charge in [0.1, 0.15) is 0 Å². The van der Waals surface area contributed by atoms with Crippen LogP contribution >= 0.6 is 0 Å². The molecule has 1 saturated carbocycles. The van der Waals surface area contributed by atoms with Gasteiger partial charge in [0.05, 0.1) is 13.7 Å². The van der Waals surface area contributed by atoms with E-state index >= 15 is 0 Å². The lowest BCUT2D eigenvalue weighted by molar-refractivity contribution is -0.152. The van der Waals surface area contributed by atoms with Gasteiger partial charge < -0.3 is 9.47 Å². The van der Waals surface area contributed by atoms with Crippen LogP contribution in [-0.4, -0.2) is 33.3 Å². The molecule has 1 N–H and O–H groups in total. The van der Waals surface area contributed by atoms with E-state index < -0.39 is 5.54 Å². The summed E-state index contributed by atoms with van der Waals surface area (Å²) in [5, 5.41) is 3.10. The molecule has 116 valence electrons. The first-order chi connectivity index (χ1) is 10.2. The number of nitrogens with one attached hydrogen (secondary N) is 1. The Balaban J connectivity index is 2.02. The van der Waals surface area contributed by atoms with Crippen molar-refractivity contribution in [2.24, 2.45) is 5.92 Å². The fraction of sp³-hybridized carbons (Fsp3) is 0.588. The van der Waals surface area contributed by atoms with E-state index in [4.69, 9.17) is 9.47 Å². The molecule has 0 aromatic heterocycles. The highest BCUT2D eigenvalue weighted by atomic mass is 16.5. The number of esters is 1. The number of rotatable bonds is 8. The number of hydrogen-bond acceptors (Lipinski definition) is 4. The first-order valence-corrected chi connectivity index (χ1v) is 7.63. The molecular weight excluding hydrogens is 266 g/mol. The van der Waals surface area contributed by atoms with Crippen molar-refractivity contribution in [2.75, 3.05) is 27.4 Å². The number of methoxy groups -OCH3 is 1. The summed E-state index contributed by atoms with van der Waals surface area (Å²) in [6, 6.07) is 9.60. The van der Waals surface area contributed by atoms with Crippen molar-refractivity contribution in [2.45, 2.75) is 31.2 Å². The highest BCUT2D eigenvalue weighted by Gasteiger charge is 2.40. The number of benzene rings is 1. The third-order valence-electron chi connectivity index (χ3n) is 4.44. The normalized spacial score (nSPS) is 17.8. The average molecular weight is 291 g/mol. The van der Waals surface area contributed by atoms with Crippen molar-refractivity contribution in [1.29, 1.82) is 0 Å². The van der Waals surface area contributed by atoms with Crippen molar-refractivity contribution >= 4 is 5.97 Å². The van der Waals surface area contributed by atoms with Gasteiger partial charge >= 0.3 is 5.97 Å². The number of carbonyl (C=O) groups excluding carboxylic acids is 1. The zero-order chi connectivity index (χ0) is 15.1. The molecule has 4 nitrogen and oxygen atoms in total. The summed E-state index contributed by atoms with van der Waals surface area (Å²) in [4.78, 5) is 12.3. The quantitative estimate of drug-likeness (QED) is 0.590. The highest BCUT2D eigenvalue weighted by Crippen LogP contribution is 2.29. The Morgan fingerprint density at radius 1 is 1.33 bits per heavy atom. The molecule has 1 atom stereocenters. The second-order valence-corrected chi connectivity index (χ2v) is 5.65. The van der Waals surface area contributed by atoms with Crippen LogP contribution in [0.15, 0.2) is 30.3 Å². The maximum Gasteiger partial charge on any atom is 0.333 e. The predicted octanol–water partition coefficient (Wildman–Crippen LogP) is 2.48. The molecule has 1 fully saturated rings. The smallest absolute Gasteiger partial charge is 0.333 e. The van der Waals surface area contributed by atoms with E-state index in [1.54, 1.807) is 7.05 Å². The summed E-state index contributed by atoms with van der Waals surface area (Å²) in [7, 11) is 3.17. The van der Waals surface area contributed by atoms with Crippen LogP contribution in [0.5, 0.6) is 0 Å². The molecule has 0 saturated heterocycles. The third kappa shape index (κ3) is 3.63. The van der Waals surface area contributed by atoms with Crippen LogP contribution in [0.25, 0.3) is 0 Å². The van der Waals surface area contributed by atoms with Crippen LogP contribution in [0, 0.1) is 5.92 Å². The van der Waals surface area contributed by atoms with E-state index in [1.807, 2.05) is 30.3 Å². The van der Waals surface area contributed by atoms with Crippen molar-refractivity contribution in [1.82, 2.24) is 5.32 Å². The Kier molecular flexibility index (Phi) is 5.76. The van der Waals surface area contributed by atoms with Crippen LogP contribution in [-0.2, 0) is 19.8 Å². The zero-order valence-electron chi connectivity index (χ0n) is 12.9. The van der Waals surface area contributed by atoms with Gasteiger partial charge in [0.2, 0.25) is 0 Å². The van der Waals surface area contributed by atoms with Crippen LogP contribution in [0.3, 0.4) is 0 Å². The minimum Gasteiger partial charge on any atom is -0.467 e. The summed E-state index contributed by atoms with van der Waals surface area (Å²) in [6.45, 7) is 0.977. The van der Waals surface area contributed by atoms with Crippen LogP contribution in [0.4, 0.5) is 0 Å². The third-order valence-corrected chi connectivity index (χ3v) is 4.44. The molecule has 1 aliphatic rings. The van der Waals surface area contributed by atoms with E-state index in [0.29, 0.717) is 6.61 Å². The monoisotopic (exact) mass is 291 g/mol. The summed E-state index contributed by atoms with van der Waals surface area (Å²) in [5.74, 6) is 0.490. The maximum absolute atomic E-state index is 12.3. The minimum atomic E-state index is -0.935. The van der Waals surface area contributed by atoms with E-state index in [9.17, 15) is 4.79 Å². The molecule has 2 rings (SSSR count).